The van der Waals surface area contributed by atoms with Gasteiger partial charge in [-0.2, -0.15) is 15.3 Å². The van der Waals surface area contributed by atoms with E-state index in [-0.39, 0.29) is 54.1 Å². The van der Waals surface area contributed by atoms with Gasteiger partial charge in [0.1, 0.15) is 11.3 Å². The summed E-state index contributed by atoms with van der Waals surface area (Å²) in [6.07, 6.45) is -0.436. The number of carboxylic acid groups (broad SMARTS) is 3. The molecule has 0 aliphatic carbocycles. The van der Waals surface area contributed by atoms with Crippen molar-refractivity contribution in [2.24, 2.45) is 20.5 Å². The molecule has 42 heavy (non-hydrogen) atoms. The van der Waals surface area contributed by atoms with Crippen LogP contribution in [0.2, 0.25) is 0 Å². The molecule has 0 bridgehead atoms. The summed E-state index contributed by atoms with van der Waals surface area (Å²) in [5, 5.41) is 58.0. The molecule has 3 aromatic carbocycles. The number of aromatic hydroxyl groups is 1. The van der Waals surface area contributed by atoms with Gasteiger partial charge < -0.3 is 31.1 Å². The minimum absolute atomic E-state index is 0.0271. The SMILES string of the molecule is O=C(O)CCNC(=O)c1ccc(N=Nc2cc(N=Nc3ccc(C(=O)NCCC(=O)O)cc3)c(O)c(C(=O)O)c2)cc1. The third kappa shape index (κ3) is 9.04. The lowest BCUT2D eigenvalue weighted by molar-refractivity contribution is -0.137. The lowest BCUT2D eigenvalue weighted by Crippen LogP contribution is -2.25. The first-order valence-corrected chi connectivity index (χ1v) is 12.2. The van der Waals surface area contributed by atoms with Crippen LogP contribution in [0, 0.1) is 0 Å². The van der Waals surface area contributed by atoms with Crippen LogP contribution in [0.5, 0.6) is 5.75 Å². The highest BCUT2D eigenvalue weighted by Crippen LogP contribution is 2.36. The third-order valence-electron chi connectivity index (χ3n) is 5.37. The zero-order valence-corrected chi connectivity index (χ0v) is 21.7. The van der Waals surface area contributed by atoms with Crippen LogP contribution in [0.1, 0.15) is 43.9 Å². The Morgan fingerprint density at radius 1 is 0.595 bits per heavy atom. The number of carboxylic acids is 3. The first kappa shape index (κ1) is 30.6. The van der Waals surface area contributed by atoms with Crippen molar-refractivity contribution in [3.63, 3.8) is 0 Å². The zero-order chi connectivity index (χ0) is 30.6. The van der Waals surface area contributed by atoms with E-state index in [0.29, 0.717) is 5.69 Å². The van der Waals surface area contributed by atoms with Crippen molar-refractivity contribution >= 4 is 52.5 Å². The van der Waals surface area contributed by atoms with Crippen LogP contribution in [0.25, 0.3) is 0 Å². The second kappa shape index (κ2) is 14.4. The molecule has 0 aliphatic rings. The van der Waals surface area contributed by atoms with E-state index in [4.69, 9.17) is 10.2 Å². The average Bonchev–Trinajstić information content (AvgIpc) is 2.95. The van der Waals surface area contributed by atoms with Gasteiger partial charge in [0.15, 0.2) is 5.75 Å². The van der Waals surface area contributed by atoms with Gasteiger partial charge in [0.05, 0.1) is 29.9 Å². The smallest absolute Gasteiger partial charge is 0.339 e. The molecule has 3 rings (SSSR count). The third-order valence-corrected chi connectivity index (χ3v) is 5.37. The number of rotatable bonds is 13. The van der Waals surface area contributed by atoms with E-state index in [1.807, 2.05) is 0 Å². The van der Waals surface area contributed by atoms with Gasteiger partial charge in [0.25, 0.3) is 11.8 Å². The van der Waals surface area contributed by atoms with Gasteiger partial charge in [0.2, 0.25) is 0 Å². The standard InChI is InChI=1S/C27H24N6O9/c34-22(35)9-11-28-25(39)15-1-5-17(6-2-15)30-32-19-13-20(27(41)42)24(38)21(14-19)33-31-18-7-3-16(4-8-18)26(40)29-12-10-23(36)37/h1-8,13-14,38H,9-12H2,(H,28,39)(H,29,40)(H,34,35)(H,36,37)(H,41,42). The van der Waals surface area contributed by atoms with Crippen LogP contribution in [0.4, 0.5) is 22.7 Å². The monoisotopic (exact) mass is 576 g/mol. The molecular formula is C27H24N6O9. The predicted molar refractivity (Wildman–Crippen MR) is 145 cm³/mol. The molecule has 0 spiro atoms. The Hall–Kier alpha value is -5.99. The molecular weight excluding hydrogens is 552 g/mol. The Morgan fingerprint density at radius 2 is 1.02 bits per heavy atom. The van der Waals surface area contributed by atoms with Crippen molar-refractivity contribution < 1.29 is 44.4 Å². The molecule has 0 unspecified atom stereocenters. The largest absolute Gasteiger partial charge is 0.505 e. The van der Waals surface area contributed by atoms with Crippen molar-refractivity contribution in [3.8, 4) is 5.75 Å². The summed E-state index contributed by atoms with van der Waals surface area (Å²) >= 11 is 0. The molecule has 3 aromatic rings. The van der Waals surface area contributed by atoms with Gasteiger partial charge in [-0.3, -0.25) is 19.2 Å². The van der Waals surface area contributed by atoms with Crippen molar-refractivity contribution in [1.29, 1.82) is 0 Å². The second-order valence-corrected chi connectivity index (χ2v) is 8.46. The highest BCUT2D eigenvalue weighted by molar-refractivity contribution is 5.95. The van der Waals surface area contributed by atoms with Gasteiger partial charge in [-0.15, -0.1) is 5.11 Å². The van der Waals surface area contributed by atoms with Crippen LogP contribution in [0.15, 0.2) is 81.1 Å². The Kier molecular flexibility index (Phi) is 10.5. The molecule has 6 N–H and O–H groups in total. The van der Waals surface area contributed by atoms with E-state index in [2.05, 4.69) is 31.1 Å². The molecule has 0 saturated heterocycles. The molecule has 216 valence electrons. The van der Waals surface area contributed by atoms with E-state index in [9.17, 15) is 34.2 Å². The summed E-state index contributed by atoms with van der Waals surface area (Å²) in [5.74, 6) is -5.12. The first-order chi connectivity index (χ1) is 20.0. The maximum atomic E-state index is 12.1. The molecule has 0 fully saturated rings. The molecule has 0 aromatic heterocycles. The fourth-order valence-electron chi connectivity index (χ4n) is 3.26. The summed E-state index contributed by atoms with van der Waals surface area (Å²) < 4.78 is 0. The predicted octanol–water partition coefficient (Wildman–Crippen LogP) is 4.33. The van der Waals surface area contributed by atoms with E-state index in [1.165, 1.54) is 54.6 Å². The summed E-state index contributed by atoms with van der Waals surface area (Å²) in [7, 11) is 0. The lowest BCUT2D eigenvalue weighted by Gasteiger charge is -2.05. The lowest BCUT2D eigenvalue weighted by atomic mass is 10.1. The van der Waals surface area contributed by atoms with E-state index < -0.39 is 41.0 Å². The number of amides is 2. The summed E-state index contributed by atoms with van der Waals surface area (Å²) in [6.45, 7) is -0.0617. The number of nitrogens with zero attached hydrogens (tertiary/aromatic N) is 4. The second-order valence-electron chi connectivity index (χ2n) is 8.46. The van der Waals surface area contributed by atoms with Crippen molar-refractivity contribution in [2.45, 2.75) is 12.8 Å². The summed E-state index contributed by atoms with van der Waals surface area (Å²) in [6, 6.07) is 14.0. The highest BCUT2D eigenvalue weighted by Gasteiger charge is 2.16. The number of aromatic carboxylic acids is 1. The number of phenols is 1. The van der Waals surface area contributed by atoms with Crippen molar-refractivity contribution in [2.75, 3.05) is 13.1 Å². The first-order valence-electron chi connectivity index (χ1n) is 12.2. The number of aliphatic carboxylic acids is 2. The Bertz CT molecular complexity index is 1550. The molecule has 0 atom stereocenters. The normalized spacial score (nSPS) is 11.0. The maximum absolute atomic E-state index is 12.1. The van der Waals surface area contributed by atoms with Crippen molar-refractivity contribution in [1.82, 2.24) is 10.6 Å². The Morgan fingerprint density at radius 3 is 1.45 bits per heavy atom. The maximum Gasteiger partial charge on any atom is 0.339 e. The topological polar surface area (TPSA) is 240 Å². The van der Waals surface area contributed by atoms with Crippen molar-refractivity contribution in [3.05, 3.63) is 77.4 Å². The average molecular weight is 577 g/mol. The van der Waals surface area contributed by atoms with Gasteiger partial charge in [-0.05, 0) is 60.7 Å². The fourth-order valence-corrected chi connectivity index (χ4v) is 3.26. The molecule has 15 heteroatoms. The number of hydrogen-bond acceptors (Lipinski definition) is 10. The molecule has 0 radical (unpaired) electrons. The van der Waals surface area contributed by atoms with Gasteiger partial charge in [0, 0.05) is 24.2 Å². The quantitative estimate of drug-likeness (QED) is 0.158. The number of carbonyl (C=O) groups excluding carboxylic acids is 2. The van der Waals surface area contributed by atoms with E-state index >= 15 is 0 Å². The fraction of sp³-hybridized carbons (Fsp3) is 0.148. The number of azo groups is 2. The molecule has 0 saturated carbocycles. The molecule has 0 heterocycles. The van der Waals surface area contributed by atoms with Crippen LogP contribution >= 0.6 is 0 Å². The Balaban J connectivity index is 1.74. The summed E-state index contributed by atoms with van der Waals surface area (Å²) in [4.78, 5) is 56.9. The number of benzene rings is 3. The number of hydrogen-bond donors (Lipinski definition) is 6. The van der Waals surface area contributed by atoms with Crippen LogP contribution in [-0.4, -0.2) is 63.2 Å². The minimum atomic E-state index is -1.45. The van der Waals surface area contributed by atoms with Crippen LogP contribution in [-0.2, 0) is 9.59 Å². The molecule has 0 aliphatic heterocycles. The Labute approximate surface area is 237 Å². The van der Waals surface area contributed by atoms with E-state index in [1.54, 1.807) is 0 Å². The van der Waals surface area contributed by atoms with E-state index in [0.717, 1.165) is 6.07 Å². The highest BCUT2D eigenvalue weighted by atomic mass is 16.4. The van der Waals surface area contributed by atoms with Gasteiger partial charge in [-0.25, -0.2) is 4.79 Å². The van der Waals surface area contributed by atoms with Crippen LogP contribution < -0.4 is 10.6 Å². The number of carbonyl (C=O) groups is 5. The van der Waals surface area contributed by atoms with Gasteiger partial charge >= 0.3 is 17.9 Å². The molecule has 2 amide bonds. The van der Waals surface area contributed by atoms with Crippen LogP contribution in [0.3, 0.4) is 0 Å². The number of nitrogens with one attached hydrogen (secondary N) is 2. The zero-order valence-electron chi connectivity index (χ0n) is 21.7. The van der Waals surface area contributed by atoms with Gasteiger partial charge in [-0.1, -0.05) is 0 Å². The summed E-state index contributed by atoms with van der Waals surface area (Å²) in [5.41, 5.74) is 0.430. The minimum Gasteiger partial charge on any atom is -0.505 e. The molecule has 15 nitrogen and oxygen atoms in total.